The molecule has 1 amide bonds. The summed E-state index contributed by atoms with van der Waals surface area (Å²) in [5.41, 5.74) is 6.16. The number of pyridine rings is 1. The van der Waals surface area contributed by atoms with Gasteiger partial charge in [0.25, 0.3) is 5.91 Å². The molecule has 20 heavy (non-hydrogen) atoms. The molecule has 1 aromatic carbocycles. The molecule has 5 nitrogen and oxygen atoms in total. The van der Waals surface area contributed by atoms with Gasteiger partial charge in [-0.3, -0.25) is 4.79 Å². The SMILES string of the molecule is N#Cc1cc(C(=O)Nc2cccc(F)c2)c(N)[nH]c1=S. The summed E-state index contributed by atoms with van der Waals surface area (Å²) in [4.78, 5) is 14.6. The lowest BCUT2D eigenvalue weighted by atomic mass is 10.2. The van der Waals surface area contributed by atoms with E-state index in [9.17, 15) is 9.18 Å². The van der Waals surface area contributed by atoms with Crippen LogP contribution in [-0.4, -0.2) is 10.9 Å². The van der Waals surface area contributed by atoms with E-state index in [0.717, 1.165) is 0 Å². The van der Waals surface area contributed by atoms with E-state index >= 15 is 0 Å². The van der Waals surface area contributed by atoms with Crippen molar-refractivity contribution in [1.29, 1.82) is 5.26 Å². The van der Waals surface area contributed by atoms with Crippen LogP contribution in [0.2, 0.25) is 0 Å². The van der Waals surface area contributed by atoms with Crippen molar-refractivity contribution in [3.05, 3.63) is 51.9 Å². The molecule has 1 heterocycles. The molecule has 0 bridgehead atoms. The van der Waals surface area contributed by atoms with Crippen LogP contribution in [0.15, 0.2) is 30.3 Å². The number of nitrogen functional groups attached to an aromatic ring is 1. The van der Waals surface area contributed by atoms with E-state index in [-0.39, 0.29) is 27.3 Å². The predicted octanol–water partition coefficient (Wildman–Crippen LogP) is 2.59. The number of aromatic amines is 1. The number of H-pyrrole nitrogens is 1. The summed E-state index contributed by atoms with van der Waals surface area (Å²) < 4.78 is 13.2. The number of carbonyl (C=O) groups is 1. The minimum atomic E-state index is -0.559. The Morgan fingerprint density at radius 1 is 1.45 bits per heavy atom. The van der Waals surface area contributed by atoms with Crippen LogP contribution >= 0.6 is 12.2 Å². The van der Waals surface area contributed by atoms with Gasteiger partial charge in [0.1, 0.15) is 22.3 Å². The summed E-state index contributed by atoms with van der Waals surface area (Å²) in [6.45, 7) is 0. The zero-order valence-electron chi connectivity index (χ0n) is 10.1. The molecule has 0 saturated heterocycles. The highest BCUT2D eigenvalue weighted by atomic mass is 32.1. The average molecular weight is 288 g/mol. The monoisotopic (exact) mass is 288 g/mol. The van der Waals surface area contributed by atoms with E-state index in [2.05, 4.69) is 10.3 Å². The number of rotatable bonds is 2. The molecule has 2 aromatic rings. The van der Waals surface area contributed by atoms with Crippen LogP contribution < -0.4 is 11.1 Å². The number of hydrogen-bond acceptors (Lipinski definition) is 4. The minimum absolute atomic E-state index is 0.0444. The van der Waals surface area contributed by atoms with E-state index in [1.807, 2.05) is 6.07 Å². The van der Waals surface area contributed by atoms with Crippen LogP contribution in [0.3, 0.4) is 0 Å². The number of nitrogens with zero attached hydrogens (tertiary/aromatic N) is 1. The second kappa shape index (κ2) is 5.50. The number of hydrogen-bond donors (Lipinski definition) is 3. The van der Waals surface area contributed by atoms with Crippen molar-refractivity contribution >= 4 is 29.6 Å². The molecular formula is C13H9FN4OS. The third-order valence-corrected chi connectivity index (χ3v) is 2.84. The summed E-state index contributed by atoms with van der Waals surface area (Å²) in [5.74, 6) is -0.986. The molecule has 0 radical (unpaired) electrons. The first kappa shape index (κ1) is 13.7. The number of halogens is 1. The molecular weight excluding hydrogens is 279 g/mol. The summed E-state index contributed by atoms with van der Waals surface area (Å²) in [6.07, 6.45) is 0. The van der Waals surface area contributed by atoms with Crippen molar-refractivity contribution < 1.29 is 9.18 Å². The highest BCUT2D eigenvalue weighted by molar-refractivity contribution is 7.71. The lowest BCUT2D eigenvalue weighted by molar-refractivity contribution is 0.102. The van der Waals surface area contributed by atoms with Gasteiger partial charge in [-0.25, -0.2) is 4.39 Å². The van der Waals surface area contributed by atoms with Gasteiger partial charge in [0.2, 0.25) is 0 Å². The molecule has 0 fully saturated rings. The molecule has 0 aliphatic heterocycles. The predicted molar refractivity (Wildman–Crippen MR) is 75.1 cm³/mol. The number of amides is 1. The Labute approximate surface area is 118 Å². The Morgan fingerprint density at radius 3 is 2.85 bits per heavy atom. The number of nitriles is 1. The van der Waals surface area contributed by atoms with Crippen LogP contribution in [0.25, 0.3) is 0 Å². The molecule has 0 aliphatic rings. The fraction of sp³-hybridized carbons (Fsp3) is 0. The quantitative estimate of drug-likeness (QED) is 0.740. The second-order valence-electron chi connectivity index (χ2n) is 3.92. The third kappa shape index (κ3) is 2.81. The minimum Gasteiger partial charge on any atom is -0.385 e. The first-order valence-corrected chi connectivity index (χ1v) is 5.92. The van der Waals surface area contributed by atoms with Gasteiger partial charge in [-0.05, 0) is 24.3 Å². The highest BCUT2D eigenvalue weighted by Crippen LogP contribution is 2.16. The van der Waals surface area contributed by atoms with Gasteiger partial charge in [-0.1, -0.05) is 18.3 Å². The van der Waals surface area contributed by atoms with Crippen molar-refractivity contribution in [3.8, 4) is 6.07 Å². The van der Waals surface area contributed by atoms with Crippen molar-refractivity contribution in [1.82, 2.24) is 4.98 Å². The van der Waals surface area contributed by atoms with Gasteiger partial charge in [0.05, 0.1) is 11.1 Å². The Balaban J connectivity index is 2.35. The summed E-state index contributed by atoms with van der Waals surface area (Å²) in [5, 5.41) is 11.4. The number of nitrogens with one attached hydrogen (secondary N) is 2. The van der Waals surface area contributed by atoms with Gasteiger partial charge in [0, 0.05) is 5.69 Å². The van der Waals surface area contributed by atoms with Gasteiger partial charge in [-0.15, -0.1) is 0 Å². The molecule has 0 unspecified atom stereocenters. The topological polar surface area (TPSA) is 94.7 Å². The number of nitrogens with two attached hydrogens (primary N) is 1. The first-order chi connectivity index (χ1) is 9.51. The Kier molecular flexibility index (Phi) is 3.77. The number of anilines is 2. The first-order valence-electron chi connectivity index (χ1n) is 5.51. The molecule has 0 atom stereocenters. The van der Waals surface area contributed by atoms with E-state index in [0.29, 0.717) is 0 Å². The number of benzene rings is 1. The van der Waals surface area contributed by atoms with E-state index < -0.39 is 11.7 Å². The number of carbonyl (C=O) groups excluding carboxylic acids is 1. The lowest BCUT2D eigenvalue weighted by Gasteiger charge is -2.08. The average Bonchev–Trinajstić information content (AvgIpc) is 2.38. The fourth-order valence-corrected chi connectivity index (χ4v) is 1.79. The standard InChI is InChI=1S/C13H9FN4OS/c14-8-2-1-3-9(5-8)17-12(19)10-4-7(6-15)13(20)18-11(10)16/h1-5H,(H,17,19)(H3,16,18,20). The Hall–Kier alpha value is -2.72. The van der Waals surface area contributed by atoms with Gasteiger partial charge < -0.3 is 16.0 Å². The van der Waals surface area contributed by atoms with Crippen LogP contribution in [-0.2, 0) is 0 Å². The van der Waals surface area contributed by atoms with Gasteiger partial charge in [-0.2, -0.15) is 5.26 Å². The van der Waals surface area contributed by atoms with Crippen molar-refractivity contribution in [2.45, 2.75) is 0 Å². The van der Waals surface area contributed by atoms with Gasteiger partial charge in [0.15, 0.2) is 0 Å². The van der Waals surface area contributed by atoms with Crippen LogP contribution in [0.4, 0.5) is 15.9 Å². The molecule has 0 spiro atoms. The maximum absolute atomic E-state index is 13.0. The van der Waals surface area contributed by atoms with E-state index in [1.54, 1.807) is 0 Å². The smallest absolute Gasteiger partial charge is 0.259 e. The largest absolute Gasteiger partial charge is 0.385 e. The zero-order valence-corrected chi connectivity index (χ0v) is 10.9. The normalized spacial score (nSPS) is 9.80. The lowest BCUT2D eigenvalue weighted by Crippen LogP contribution is -2.15. The van der Waals surface area contributed by atoms with E-state index in [1.165, 1.54) is 30.3 Å². The molecule has 1 aromatic heterocycles. The highest BCUT2D eigenvalue weighted by Gasteiger charge is 2.13. The van der Waals surface area contributed by atoms with Crippen molar-refractivity contribution in [2.75, 3.05) is 11.1 Å². The van der Waals surface area contributed by atoms with Crippen LogP contribution in [0.1, 0.15) is 15.9 Å². The Bertz CT molecular complexity index is 779. The molecule has 0 aliphatic carbocycles. The zero-order chi connectivity index (χ0) is 14.7. The Morgan fingerprint density at radius 2 is 2.20 bits per heavy atom. The van der Waals surface area contributed by atoms with Crippen LogP contribution in [0.5, 0.6) is 0 Å². The van der Waals surface area contributed by atoms with E-state index in [4.69, 9.17) is 23.2 Å². The summed E-state index contributed by atoms with van der Waals surface area (Å²) in [7, 11) is 0. The molecule has 2 rings (SSSR count). The summed E-state index contributed by atoms with van der Waals surface area (Å²) >= 11 is 4.89. The second-order valence-corrected chi connectivity index (χ2v) is 4.32. The molecule has 0 saturated carbocycles. The fourth-order valence-electron chi connectivity index (χ4n) is 1.58. The summed E-state index contributed by atoms with van der Waals surface area (Å²) in [6, 6.07) is 8.59. The maximum atomic E-state index is 13.0. The molecule has 4 N–H and O–H groups in total. The molecule has 7 heteroatoms. The van der Waals surface area contributed by atoms with Crippen molar-refractivity contribution in [2.24, 2.45) is 0 Å². The van der Waals surface area contributed by atoms with Gasteiger partial charge >= 0.3 is 0 Å². The molecule has 100 valence electrons. The maximum Gasteiger partial charge on any atom is 0.259 e. The van der Waals surface area contributed by atoms with Crippen molar-refractivity contribution in [3.63, 3.8) is 0 Å². The van der Waals surface area contributed by atoms with Crippen LogP contribution in [0, 0.1) is 21.8 Å². The third-order valence-electron chi connectivity index (χ3n) is 2.52. The number of aromatic nitrogens is 1.